The molecule has 2 nitrogen and oxygen atoms in total. The first-order chi connectivity index (χ1) is 7.69. The third-order valence-corrected chi connectivity index (χ3v) is 4.21. The van der Waals surface area contributed by atoms with Crippen molar-refractivity contribution < 1.29 is 0 Å². The molecule has 0 unspecified atom stereocenters. The molecule has 1 heterocycles. The number of benzene rings is 1. The standard InChI is InChI=1S/C11H7ClN2S2/c1-7-6-15-11(14-7)16-10-4-9(12)3-2-8(10)5-13/h2-4,6H,1H3. The van der Waals surface area contributed by atoms with Gasteiger partial charge in [-0.05, 0) is 25.1 Å². The van der Waals surface area contributed by atoms with E-state index in [1.807, 2.05) is 12.3 Å². The van der Waals surface area contributed by atoms with Gasteiger partial charge in [0.05, 0.1) is 5.56 Å². The maximum atomic E-state index is 8.97. The zero-order valence-corrected chi connectivity index (χ0v) is 10.8. The fourth-order valence-corrected chi connectivity index (χ4v) is 3.30. The van der Waals surface area contributed by atoms with Crippen molar-refractivity contribution >= 4 is 34.7 Å². The predicted octanol–water partition coefficient (Wildman–Crippen LogP) is 4.13. The Balaban J connectivity index is 2.34. The Morgan fingerprint density at radius 2 is 2.31 bits per heavy atom. The molecule has 80 valence electrons. The molecular weight excluding hydrogens is 260 g/mol. The number of nitriles is 1. The van der Waals surface area contributed by atoms with Crippen molar-refractivity contribution in [2.24, 2.45) is 0 Å². The number of aromatic nitrogens is 1. The van der Waals surface area contributed by atoms with Crippen LogP contribution in [0.2, 0.25) is 5.02 Å². The quantitative estimate of drug-likeness (QED) is 0.820. The third-order valence-electron chi connectivity index (χ3n) is 1.86. The summed E-state index contributed by atoms with van der Waals surface area (Å²) in [6, 6.07) is 7.39. The van der Waals surface area contributed by atoms with Crippen molar-refractivity contribution in [1.82, 2.24) is 4.98 Å². The highest BCUT2D eigenvalue weighted by Gasteiger charge is 2.07. The lowest BCUT2D eigenvalue weighted by atomic mass is 10.2. The zero-order chi connectivity index (χ0) is 11.5. The normalized spacial score (nSPS) is 10.1. The fraction of sp³-hybridized carbons (Fsp3) is 0.0909. The molecule has 0 saturated heterocycles. The maximum absolute atomic E-state index is 8.97. The van der Waals surface area contributed by atoms with Crippen LogP contribution in [0, 0.1) is 18.3 Å². The van der Waals surface area contributed by atoms with E-state index in [0.717, 1.165) is 14.9 Å². The lowest BCUT2D eigenvalue weighted by molar-refractivity contribution is 1.16. The third kappa shape index (κ3) is 2.56. The van der Waals surface area contributed by atoms with Crippen molar-refractivity contribution in [3.05, 3.63) is 39.9 Å². The molecule has 0 aliphatic heterocycles. The maximum Gasteiger partial charge on any atom is 0.154 e. The average molecular weight is 267 g/mol. The van der Waals surface area contributed by atoms with E-state index in [2.05, 4.69) is 11.1 Å². The molecule has 0 N–H and O–H groups in total. The van der Waals surface area contributed by atoms with Crippen LogP contribution < -0.4 is 0 Å². The number of thiazole rings is 1. The van der Waals surface area contributed by atoms with Gasteiger partial charge in [0.2, 0.25) is 0 Å². The van der Waals surface area contributed by atoms with E-state index in [-0.39, 0.29) is 0 Å². The summed E-state index contributed by atoms with van der Waals surface area (Å²) in [5.41, 5.74) is 1.62. The molecule has 0 spiro atoms. The van der Waals surface area contributed by atoms with E-state index < -0.39 is 0 Å². The second kappa shape index (κ2) is 4.88. The summed E-state index contributed by atoms with van der Waals surface area (Å²) in [5, 5.41) is 11.6. The minimum absolute atomic E-state index is 0.627. The first-order valence-electron chi connectivity index (χ1n) is 4.48. The van der Waals surface area contributed by atoms with E-state index in [0.29, 0.717) is 10.6 Å². The fourth-order valence-electron chi connectivity index (χ4n) is 1.15. The van der Waals surface area contributed by atoms with Crippen molar-refractivity contribution in [2.75, 3.05) is 0 Å². The van der Waals surface area contributed by atoms with Gasteiger partial charge in [0.15, 0.2) is 4.34 Å². The Kier molecular flexibility index (Phi) is 3.49. The molecule has 1 aromatic heterocycles. The van der Waals surface area contributed by atoms with Gasteiger partial charge in [-0.25, -0.2) is 4.98 Å². The minimum atomic E-state index is 0.627. The summed E-state index contributed by atoms with van der Waals surface area (Å²) in [4.78, 5) is 5.19. The lowest BCUT2D eigenvalue weighted by Gasteiger charge is -2.01. The van der Waals surface area contributed by atoms with Crippen LogP contribution in [0.25, 0.3) is 0 Å². The Morgan fingerprint density at radius 3 is 2.94 bits per heavy atom. The average Bonchev–Trinajstić information content (AvgIpc) is 2.64. The highest BCUT2D eigenvalue weighted by Crippen LogP contribution is 2.33. The van der Waals surface area contributed by atoms with Gasteiger partial charge in [0.25, 0.3) is 0 Å². The summed E-state index contributed by atoms with van der Waals surface area (Å²) in [5.74, 6) is 0. The van der Waals surface area contributed by atoms with Crippen molar-refractivity contribution in [3.8, 4) is 6.07 Å². The van der Waals surface area contributed by atoms with E-state index in [4.69, 9.17) is 16.9 Å². The van der Waals surface area contributed by atoms with Gasteiger partial charge in [-0.3, -0.25) is 0 Å². The topological polar surface area (TPSA) is 36.7 Å². The first kappa shape index (κ1) is 11.5. The molecule has 2 rings (SSSR count). The van der Waals surface area contributed by atoms with E-state index in [9.17, 15) is 0 Å². The Hall–Kier alpha value is -1.02. The molecule has 0 saturated carbocycles. The number of hydrogen-bond donors (Lipinski definition) is 0. The summed E-state index contributed by atoms with van der Waals surface area (Å²) in [6.07, 6.45) is 0. The largest absolute Gasteiger partial charge is 0.235 e. The summed E-state index contributed by atoms with van der Waals surface area (Å²) in [7, 11) is 0. The number of hydrogen-bond acceptors (Lipinski definition) is 4. The molecule has 16 heavy (non-hydrogen) atoms. The molecule has 0 bridgehead atoms. The van der Waals surface area contributed by atoms with E-state index >= 15 is 0 Å². The molecule has 0 amide bonds. The van der Waals surface area contributed by atoms with Gasteiger partial charge in [-0.2, -0.15) is 5.26 Å². The smallest absolute Gasteiger partial charge is 0.154 e. The number of halogens is 1. The summed E-state index contributed by atoms with van der Waals surface area (Å²) >= 11 is 8.95. The zero-order valence-electron chi connectivity index (χ0n) is 8.40. The minimum Gasteiger partial charge on any atom is -0.235 e. The molecule has 0 aliphatic rings. The van der Waals surface area contributed by atoms with Crippen LogP contribution in [0.4, 0.5) is 0 Å². The lowest BCUT2D eigenvalue weighted by Crippen LogP contribution is -1.81. The number of rotatable bonds is 2. The second-order valence-electron chi connectivity index (χ2n) is 3.11. The van der Waals surface area contributed by atoms with Crippen molar-refractivity contribution in [1.29, 1.82) is 5.26 Å². The van der Waals surface area contributed by atoms with E-state index in [1.165, 1.54) is 11.8 Å². The Bertz CT molecular complexity index is 557. The second-order valence-corrected chi connectivity index (χ2v) is 5.69. The molecule has 0 atom stereocenters. The van der Waals surface area contributed by atoms with Crippen LogP contribution in [0.5, 0.6) is 0 Å². The van der Waals surface area contributed by atoms with Gasteiger partial charge < -0.3 is 0 Å². The molecule has 5 heteroatoms. The molecular formula is C11H7ClN2S2. The van der Waals surface area contributed by atoms with Crippen LogP contribution in [0.15, 0.2) is 32.8 Å². The summed E-state index contributed by atoms with van der Waals surface area (Å²) < 4.78 is 0.927. The first-order valence-corrected chi connectivity index (χ1v) is 6.56. The van der Waals surface area contributed by atoms with Crippen LogP contribution in [0.1, 0.15) is 11.3 Å². The van der Waals surface area contributed by atoms with Gasteiger partial charge in [-0.1, -0.05) is 23.4 Å². The Morgan fingerprint density at radius 1 is 1.50 bits per heavy atom. The molecule has 0 fully saturated rings. The molecule has 2 aromatic rings. The molecule has 0 aliphatic carbocycles. The number of nitrogens with zero attached hydrogens (tertiary/aromatic N) is 2. The number of aryl methyl sites for hydroxylation is 1. The van der Waals surface area contributed by atoms with Crippen LogP contribution in [-0.2, 0) is 0 Å². The van der Waals surface area contributed by atoms with Gasteiger partial charge in [-0.15, -0.1) is 11.3 Å². The summed E-state index contributed by atoms with van der Waals surface area (Å²) in [6.45, 7) is 1.95. The monoisotopic (exact) mass is 266 g/mol. The predicted molar refractivity (Wildman–Crippen MR) is 67.1 cm³/mol. The van der Waals surface area contributed by atoms with Gasteiger partial charge in [0.1, 0.15) is 6.07 Å². The van der Waals surface area contributed by atoms with Crippen LogP contribution in [0.3, 0.4) is 0 Å². The van der Waals surface area contributed by atoms with Crippen molar-refractivity contribution in [2.45, 2.75) is 16.2 Å². The van der Waals surface area contributed by atoms with Gasteiger partial charge in [0, 0.05) is 21.0 Å². The van der Waals surface area contributed by atoms with Crippen LogP contribution in [-0.4, -0.2) is 4.98 Å². The Labute approximate surface area is 107 Å². The van der Waals surface area contributed by atoms with E-state index in [1.54, 1.807) is 29.5 Å². The van der Waals surface area contributed by atoms with Gasteiger partial charge >= 0.3 is 0 Å². The molecule has 1 aromatic carbocycles. The SMILES string of the molecule is Cc1csc(Sc2cc(Cl)ccc2C#N)n1. The molecule has 0 radical (unpaired) electrons. The van der Waals surface area contributed by atoms with Crippen molar-refractivity contribution in [3.63, 3.8) is 0 Å². The highest BCUT2D eigenvalue weighted by atomic mass is 35.5. The van der Waals surface area contributed by atoms with Crippen LogP contribution >= 0.6 is 34.7 Å². The highest BCUT2D eigenvalue weighted by molar-refractivity contribution is 8.01.